The molecule has 1 aromatic heterocycles. The summed E-state index contributed by atoms with van der Waals surface area (Å²) in [6.45, 7) is 2.94. The highest BCUT2D eigenvalue weighted by Gasteiger charge is 2.48. The molecule has 0 aliphatic carbocycles. The molecule has 4 heteroatoms. The molecule has 0 saturated carbocycles. The molecule has 120 valence electrons. The van der Waals surface area contributed by atoms with Gasteiger partial charge in [0.2, 0.25) is 5.91 Å². The van der Waals surface area contributed by atoms with Crippen molar-refractivity contribution in [2.24, 2.45) is 0 Å². The van der Waals surface area contributed by atoms with Crippen molar-refractivity contribution in [2.45, 2.75) is 37.3 Å². The Kier molecular flexibility index (Phi) is 3.69. The van der Waals surface area contributed by atoms with Crippen LogP contribution in [0.1, 0.15) is 36.3 Å². The average Bonchev–Trinajstić information content (AvgIpc) is 3.19. The number of hydrogen-bond donors (Lipinski definition) is 1. The lowest BCUT2D eigenvalue weighted by atomic mass is 9.74. The lowest BCUT2D eigenvalue weighted by molar-refractivity contribution is -0.120. The number of rotatable bonds is 3. The zero-order valence-corrected chi connectivity index (χ0v) is 13.2. The van der Waals surface area contributed by atoms with Crippen LogP contribution in [0, 0.1) is 0 Å². The molecule has 0 unspecified atom stereocenters. The molecule has 2 aliphatic heterocycles. The van der Waals surface area contributed by atoms with Crippen molar-refractivity contribution in [3.05, 3.63) is 60.1 Å². The van der Waals surface area contributed by atoms with Gasteiger partial charge in [-0.2, -0.15) is 0 Å². The van der Waals surface area contributed by atoms with Crippen molar-refractivity contribution in [3.8, 4) is 0 Å². The number of carbonyl (C=O) groups excluding carboxylic acids is 1. The molecule has 1 spiro atoms. The minimum absolute atomic E-state index is 0.0642. The maximum atomic E-state index is 12.1. The van der Waals surface area contributed by atoms with E-state index in [0.29, 0.717) is 12.3 Å². The Balaban J connectivity index is 1.49. The second-order valence-corrected chi connectivity index (χ2v) is 6.78. The van der Waals surface area contributed by atoms with E-state index in [4.69, 9.17) is 4.42 Å². The first-order valence-electron chi connectivity index (χ1n) is 8.35. The normalized spacial score (nSPS) is 24.0. The fourth-order valence-corrected chi connectivity index (χ4v) is 4.14. The summed E-state index contributed by atoms with van der Waals surface area (Å²) in [5.41, 5.74) is 2.44. The first-order valence-corrected chi connectivity index (χ1v) is 8.35. The number of nitrogens with one attached hydrogen (secondary N) is 1. The lowest BCUT2D eigenvalue weighted by Crippen LogP contribution is -2.53. The number of benzene rings is 1. The smallest absolute Gasteiger partial charge is 0.221 e. The zero-order valence-electron chi connectivity index (χ0n) is 13.2. The van der Waals surface area contributed by atoms with Crippen molar-refractivity contribution in [3.63, 3.8) is 0 Å². The number of likely N-dealkylation sites (tertiary alicyclic amines) is 1. The summed E-state index contributed by atoms with van der Waals surface area (Å²) in [5, 5.41) is 3.31. The molecule has 3 heterocycles. The van der Waals surface area contributed by atoms with Crippen LogP contribution in [-0.2, 0) is 11.3 Å². The van der Waals surface area contributed by atoms with Crippen LogP contribution in [-0.4, -0.2) is 29.4 Å². The third kappa shape index (κ3) is 2.79. The summed E-state index contributed by atoms with van der Waals surface area (Å²) in [7, 11) is 0. The highest BCUT2D eigenvalue weighted by atomic mass is 16.3. The standard InChI is InChI=1S/C19H22N2O2/c22-18-12-17(16-4-2-1-3-5-16)19(20-18)7-9-21(10-8-19)13-15-6-11-23-14-15/h1-6,11,14,17H,7-10,12-13H2,(H,20,22)/t17-/m0/s1. The quantitative estimate of drug-likeness (QED) is 0.948. The van der Waals surface area contributed by atoms with Crippen molar-refractivity contribution < 1.29 is 9.21 Å². The minimum Gasteiger partial charge on any atom is -0.472 e. The highest BCUT2D eigenvalue weighted by molar-refractivity contribution is 5.81. The van der Waals surface area contributed by atoms with Gasteiger partial charge in [-0.3, -0.25) is 9.69 Å². The molecule has 1 amide bonds. The largest absolute Gasteiger partial charge is 0.472 e. The van der Waals surface area contributed by atoms with Gasteiger partial charge in [0.1, 0.15) is 0 Å². The Morgan fingerprint density at radius 3 is 2.65 bits per heavy atom. The number of hydrogen-bond acceptors (Lipinski definition) is 3. The van der Waals surface area contributed by atoms with Crippen molar-refractivity contribution in [1.82, 2.24) is 10.2 Å². The Morgan fingerprint density at radius 2 is 1.96 bits per heavy atom. The summed E-state index contributed by atoms with van der Waals surface area (Å²) < 4.78 is 5.15. The van der Waals surface area contributed by atoms with Crippen LogP contribution in [0.15, 0.2) is 53.3 Å². The number of piperidine rings is 1. The van der Waals surface area contributed by atoms with E-state index in [2.05, 4.69) is 34.5 Å². The zero-order chi connectivity index (χ0) is 15.7. The highest BCUT2D eigenvalue weighted by Crippen LogP contribution is 2.43. The predicted molar refractivity (Wildman–Crippen MR) is 87.9 cm³/mol. The molecule has 0 bridgehead atoms. The van der Waals surface area contributed by atoms with E-state index in [1.54, 1.807) is 6.26 Å². The summed E-state index contributed by atoms with van der Waals surface area (Å²) >= 11 is 0. The van der Waals surface area contributed by atoms with E-state index in [1.807, 2.05) is 18.4 Å². The predicted octanol–water partition coefficient (Wildman–Crippen LogP) is 2.92. The van der Waals surface area contributed by atoms with Crippen LogP contribution in [0.5, 0.6) is 0 Å². The van der Waals surface area contributed by atoms with Crippen LogP contribution < -0.4 is 5.32 Å². The van der Waals surface area contributed by atoms with Crippen LogP contribution in [0.4, 0.5) is 0 Å². The summed E-state index contributed by atoms with van der Waals surface area (Å²) in [5.74, 6) is 0.495. The molecule has 0 radical (unpaired) electrons. The SMILES string of the molecule is O=C1C[C@@H](c2ccccc2)C2(CCN(Cc3ccoc3)CC2)N1. The fraction of sp³-hybridized carbons (Fsp3) is 0.421. The van der Waals surface area contributed by atoms with Crippen LogP contribution in [0.3, 0.4) is 0 Å². The maximum Gasteiger partial charge on any atom is 0.221 e. The second kappa shape index (κ2) is 5.85. The first-order chi connectivity index (χ1) is 11.3. The maximum absolute atomic E-state index is 12.1. The molecule has 2 saturated heterocycles. The van der Waals surface area contributed by atoms with Gasteiger partial charge in [-0.05, 0) is 24.5 Å². The average molecular weight is 310 g/mol. The molecule has 1 atom stereocenters. The van der Waals surface area contributed by atoms with Crippen LogP contribution in [0.25, 0.3) is 0 Å². The molecular weight excluding hydrogens is 288 g/mol. The van der Waals surface area contributed by atoms with Gasteiger partial charge < -0.3 is 9.73 Å². The first kappa shape index (κ1) is 14.5. The van der Waals surface area contributed by atoms with Crippen LogP contribution >= 0.6 is 0 Å². The Morgan fingerprint density at radius 1 is 1.17 bits per heavy atom. The monoisotopic (exact) mass is 310 g/mol. The molecule has 23 heavy (non-hydrogen) atoms. The van der Waals surface area contributed by atoms with Crippen molar-refractivity contribution >= 4 is 5.91 Å². The van der Waals surface area contributed by atoms with Crippen molar-refractivity contribution in [1.29, 1.82) is 0 Å². The van der Waals surface area contributed by atoms with Crippen molar-refractivity contribution in [2.75, 3.05) is 13.1 Å². The van der Waals surface area contributed by atoms with Gasteiger partial charge in [0.05, 0.1) is 12.5 Å². The Labute approximate surface area is 136 Å². The number of furan rings is 1. The van der Waals surface area contributed by atoms with E-state index in [1.165, 1.54) is 11.1 Å². The molecule has 4 rings (SSSR count). The molecule has 1 aromatic carbocycles. The van der Waals surface area contributed by atoms with Gasteiger partial charge in [-0.25, -0.2) is 0 Å². The molecule has 2 fully saturated rings. The molecule has 2 aliphatic rings. The van der Waals surface area contributed by atoms with E-state index >= 15 is 0 Å². The Hall–Kier alpha value is -2.07. The lowest BCUT2D eigenvalue weighted by Gasteiger charge is -2.43. The van der Waals surface area contributed by atoms with E-state index in [0.717, 1.165) is 32.5 Å². The number of amides is 1. The third-order valence-electron chi connectivity index (χ3n) is 5.38. The van der Waals surface area contributed by atoms with E-state index in [-0.39, 0.29) is 11.4 Å². The number of nitrogens with zero attached hydrogens (tertiary/aromatic N) is 1. The molecule has 4 nitrogen and oxygen atoms in total. The number of carbonyl (C=O) groups is 1. The minimum atomic E-state index is -0.0642. The van der Waals surface area contributed by atoms with Gasteiger partial charge in [0.25, 0.3) is 0 Å². The summed E-state index contributed by atoms with van der Waals surface area (Å²) in [4.78, 5) is 14.5. The molecule has 1 N–H and O–H groups in total. The van der Waals surface area contributed by atoms with Gasteiger partial charge in [-0.1, -0.05) is 30.3 Å². The third-order valence-corrected chi connectivity index (χ3v) is 5.38. The topological polar surface area (TPSA) is 45.5 Å². The van der Waals surface area contributed by atoms with Gasteiger partial charge in [0, 0.05) is 43.1 Å². The van der Waals surface area contributed by atoms with Crippen LogP contribution in [0.2, 0.25) is 0 Å². The van der Waals surface area contributed by atoms with Gasteiger partial charge in [-0.15, -0.1) is 0 Å². The molecule has 2 aromatic rings. The summed E-state index contributed by atoms with van der Waals surface area (Å²) in [6, 6.07) is 12.5. The van der Waals surface area contributed by atoms with E-state index in [9.17, 15) is 4.79 Å². The Bertz CT molecular complexity index is 658. The summed E-state index contributed by atoms with van der Waals surface area (Å²) in [6.07, 6.45) is 6.18. The van der Waals surface area contributed by atoms with Gasteiger partial charge >= 0.3 is 0 Å². The van der Waals surface area contributed by atoms with E-state index < -0.39 is 0 Å². The fourth-order valence-electron chi connectivity index (χ4n) is 4.14. The molecular formula is C19H22N2O2. The van der Waals surface area contributed by atoms with Gasteiger partial charge in [0.15, 0.2) is 0 Å². The second-order valence-electron chi connectivity index (χ2n) is 6.78.